The van der Waals surface area contributed by atoms with Crippen LogP contribution in [0.25, 0.3) is 0 Å². The Morgan fingerprint density at radius 3 is 2.67 bits per heavy atom. The Labute approximate surface area is 132 Å². The van der Waals surface area contributed by atoms with Gasteiger partial charge in [0, 0.05) is 11.4 Å². The number of amides is 1. The molecule has 1 fully saturated rings. The summed E-state index contributed by atoms with van der Waals surface area (Å²) < 4.78 is 5.29. The number of hydrogen-bond acceptors (Lipinski definition) is 2. The second-order valence-electron chi connectivity index (χ2n) is 6.24. The third-order valence-corrected chi connectivity index (χ3v) is 5.05. The van der Waals surface area contributed by atoms with E-state index in [1.54, 1.807) is 13.2 Å². The molecule has 0 saturated heterocycles. The van der Waals surface area contributed by atoms with Crippen molar-refractivity contribution < 1.29 is 9.53 Å². The molecular formula is C17H24ClNO2. The summed E-state index contributed by atoms with van der Waals surface area (Å²) in [5.74, 6) is 1.86. The SMILES string of the molecule is COc1cc(C(=O)NC2(CCl)CCC(C)CC2)ccc1C. The number of hydrogen-bond donors (Lipinski definition) is 1. The van der Waals surface area contributed by atoms with Crippen molar-refractivity contribution in [3.8, 4) is 5.75 Å². The molecule has 0 spiro atoms. The van der Waals surface area contributed by atoms with Crippen molar-refractivity contribution in [1.29, 1.82) is 0 Å². The first kappa shape index (κ1) is 16.2. The second kappa shape index (κ2) is 6.69. The molecular weight excluding hydrogens is 286 g/mol. The van der Waals surface area contributed by atoms with Crippen LogP contribution in [-0.2, 0) is 0 Å². The van der Waals surface area contributed by atoms with Gasteiger partial charge in [0.1, 0.15) is 5.75 Å². The average molecular weight is 310 g/mol. The maximum Gasteiger partial charge on any atom is 0.251 e. The van der Waals surface area contributed by atoms with Crippen LogP contribution in [0.5, 0.6) is 5.75 Å². The molecule has 0 radical (unpaired) electrons. The predicted octanol–water partition coefficient (Wildman–Crippen LogP) is 3.92. The highest BCUT2D eigenvalue weighted by atomic mass is 35.5. The standard InChI is InChI=1S/C17H24ClNO2/c1-12-6-8-17(11-18,9-7-12)19-16(20)14-5-4-13(2)15(10-14)21-3/h4-5,10,12H,6-9,11H2,1-3H3,(H,19,20). The van der Waals surface area contributed by atoms with Gasteiger partial charge in [-0.3, -0.25) is 4.79 Å². The molecule has 1 aliphatic rings. The smallest absolute Gasteiger partial charge is 0.251 e. The van der Waals surface area contributed by atoms with Crippen molar-refractivity contribution in [2.75, 3.05) is 13.0 Å². The van der Waals surface area contributed by atoms with Crippen molar-refractivity contribution in [2.45, 2.75) is 45.1 Å². The fourth-order valence-electron chi connectivity index (χ4n) is 2.88. The highest BCUT2D eigenvalue weighted by molar-refractivity contribution is 6.19. The van der Waals surface area contributed by atoms with Crippen LogP contribution in [0.4, 0.5) is 0 Å². The van der Waals surface area contributed by atoms with Crippen molar-refractivity contribution in [3.63, 3.8) is 0 Å². The monoisotopic (exact) mass is 309 g/mol. The molecule has 4 heteroatoms. The lowest BCUT2D eigenvalue weighted by Crippen LogP contribution is -2.52. The predicted molar refractivity (Wildman–Crippen MR) is 86.3 cm³/mol. The summed E-state index contributed by atoms with van der Waals surface area (Å²) in [6, 6.07) is 5.53. The summed E-state index contributed by atoms with van der Waals surface area (Å²) in [5.41, 5.74) is 1.39. The number of carbonyl (C=O) groups excluding carboxylic acids is 1. The molecule has 1 amide bonds. The average Bonchev–Trinajstić information content (AvgIpc) is 2.50. The summed E-state index contributed by atoms with van der Waals surface area (Å²) in [6.45, 7) is 4.22. The Kier molecular flexibility index (Phi) is 5.15. The fraction of sp³-hybridized carbons (Fsp3) is 0.588. The van der Waals surface area contributed by atoms with Gasteiger partial charge in [-0.1, -0.05) is 13.0 Å². The van der Waals surface area contributed by atoms with Crippen molar-refractivity contribution in [1.82, 2.24) is 5.32 Å². The Hall–Kier alpha value is -1.22. The summed E-state index contributed by atoms with van der Waals surface area (Å²) in [6.07, 6.45) is 4.13. The lowest BCUT2D eigenvalue weighted by atomic mass is 9.78. The van der Waals surface area contributed by atoms with Gasteiger partial charge < -0.3 is 10.1 Å². The molecule has 0 atom stereocenters. The van der Waals surface area contributed by atoms with Crippen molar-refractivity contribution in [3.05, 3.63) is 29.3 Å². The lowest BCUT2D eigenvalue weighted by molar-refractivity contribution is 0.0872. The van der Waals surface area contributed by atoms with Gasteiger partial charge in [0.2, 0.25) is 0 Å². The van der Waals surface area contributed by atoms with Crippen LogP contribution in [0.2, 0.25) is 0 Å². The van der Waals surface area contributed by atoms with Gasteiger partial charge in [-0.2, -0.15) is 0 Å². The number of methoxy groups -OCH3 is 1. The molecule has 0 aliphatic heterocycles. The van der Waals surface area contributed by atoms with E-state index in [2.05, 4.69) is 12.2 Å². The minimum absolute atomic E-state index is 0.0662. The zero-order chi connectivity index (χ0) is 15.5. The minimum atomic E-state index is -0.261. The van der Waals surface area contributed by atoms with Gasteiger partial charge in [-0.05, 0) is 56.2 Å². The largest absolute Gasteiger partial charge is 0.496 e. The highest BCUT2D eigenvalue weighted by Crippen LogP contribution is 2.33. The van der Waals surface area contributed by atoms with Gasteiger partial charge in [0.05, 0.1) is 12.6 Å². The molecule has 116 valence electrons. The number of nitrogens with one attached hydrogen (secondary N) is 1. The van der Waals surface area contributed by atoms with E-state index < -0.39 is 0 Å². The number of carbonyl (C=O) groups is 1. The number of halogens is 1. The Morgan fingerprint density at radius 2 is 2.10 bits per heavy atom. The van der Waals surface area contributed by atoms with E-state index in [4.69, 9.17) is 16.3 Å². The Morgan fingerprint density at radius 1 is 1.43 bits per heavy atom. The van der Waals surface area contributed by atoms with Gasteiger partial charge in [0.25, 0.3) is 5.91 Å². The summed E-state index contributed by atoms with van der Waals surface area (Å²) in [7, 11) is 1.62. The minimum Gasteiger partial charge on any atom is -0.496 e. The number of benzene rings is 1. The first-order valence-electron chi connectivity index (χ1n) is 7.53. The van der Waals surface area contributed by atoms with E-state index in [1.807, 2.05) is 19.1 Å². The van der Waals surface area contributed by atoms with Gasteiger partial charge in [-0.25, -0.2) is 0 Å². The molecule has 0 aromatic heterocycles. The van der Waals surface area contributed by atoms with E-state index in [1.165, 1.54) is 0 Å². The zero-order valence-corrected chi connectivity index (χ0v) is 13.8. The number of rotatable bonds is 4. The molecule has 1 aliphatic carbocycles. The van der Waals surface area contributed by atoms with E-state index in [0.717, 1.165) is 42.9 Å². The van der Waals surface area contributed by atoms with Crippen LogP contribution in [-0.4, -0.2) is 24.4 Å². The maximum absolute atomic E-state index is 12.5. The summed E-state index contributed by atoms with van der Waals surface area (Å²) in [5, 5.41) is 3.16. The van der Waals surface area contributed by atoms with Crippen LogP contribution in [0.3, 0.4) is 0 Å². The molecule has 0 unspecified atom stereocenters. The molecule has 0 bridgehead atoms. The van der Waals surface area contributed by atoms with E-state index in [-0.39, 0.29) is 11.4 Å². The van der Waals surface area contributed by atoms with Gasteiger partial charge >= 0.3 is 0 Å². The molecule has 0 heterocycles. The Bertz CT molecular complexity index is 508. The summed E-state index contributed by atoms with van der Waals surface area (Å²) in [4.78, 5) is 12.5. The molecule has 2 rings (SSSR count). The van der Waals surface area contributed by atoms with Gasteiger partial charge in [0.15, 0.2) is 0 Å². The third kappa shape index (κ3) is 3.70. The summed E-state index contributed by atoms with van der Waals surface area (Å²) >= 11 is 6.16. The fourth-order valence-corrected chi connectivity index (χ4v) is 3.22. The number of aryl methyl sites for hydroxylation is 1. The second-order valence-corrected chi connectivity index (χ2v) is 6.50. The van der Waals surface area contributed by atoms with Crippen LogP contribution < -0.4 is 10.1 Å². The van der Waals surface area contributed by atoms with Crippen LogP contribution >= 0.6 is 11.6 Å². The first-order valence-corrected chi connectivity index (χ1v) is 8.06. The Balaban J connectivity index is 2.13. The third-order valence-electron chi connectivity index (χ3n) is 4.54. The molecule has 21 heavy (non-hydrogen) atoms. The maximum atomic E-state index is 12.5. The van der Waals surface area contributed by atoms with E-state index >= 15 is 0 Å². The molecule has 1 N–H and O–H groups in total. The van der Waals surface area contributed by atoms with Crippen LogP contribution in [0.1, 0.15) is 48.5 Å². The normalized spacial score (nSPS) is 25.4. The van der Waals surface area contributed by atoms with Crippen LogP contribution in [0.15, 0.2) is 18.2 Å². The lowest BCUT2D eigenvalue weighted by Gasteiger charge is -2.38. The number of alkyl halides is 1. The zero-order valence-electron chi connectivity index (χ0n) is 13.0. The molecule has 3 nitrogen and oxygen atoms in total. The number of ether oxygens (including phenoxy) is 1. The van der Waals surface area contributed by atoms with Crippen molar-refractivity contribution >= 4 is 17.5 Å². The van der Waals surface area contributed by atoms with E-state index in [9.17, 15) is 4.79 Å². The topological polar surface area (TPSA) is 38.3 Å². The van der Waals surface area contributed by atoms with Gasteiger partial charge in [-0.15, -0.1) is 11.6 Å². The molecule has 1 aromatic carbocycles. The first-order chi connectivity index (χ1) is 9.99. The van der Waals surface area contributed by atoms with E-state index in [0.29, 0.717) is 11.4 Å². The molecule has 1 saturated carbocycles. The van der Waals surface area contributed by atoms with Crippen LogP contribution in [0, 0.1) is 12.8 Å². The molecule has 1 aromatic rings. The quantitative estimate of drug-likeness (QED) is 0.856. The van der Waals surface area contributed by atoms with Crippen molar-refractivity contribution in [2.24, 2.45) is 5.92 Å². The highest BCUT2D eigenvalue weighted by Gasteiger charge is 2.35.